The molecule has 1 aliphatic heterocycles. The predicted molar refractivity (Wildman–Crippen MR) is 95.4 cm³/mol. The maximum absolute atomic E-state index is 12.4. The number of para-hydroxylation sites is 1. The number of rotatable bonds is 6. The molecule has 0 saturated heterocycles. The fraction of sp³-hybridized carbons (Fsp3) is 0.211. The molecule has 4 rings (SSSR count). The summed E-state index contributed by atoms with van der Waals surface area (Å²) >= 11 is 0. The Balaban J connectivity index is 1.42. The van der Waals surface area contributed by atoms with Crippen LogP contribution in [0, 0.1) is 0 Å². The second-order valence-corrected chi connectivity index (χ2v) is 6.11. The van der Waals surface area contributed by atoms with Gasteiger partial charge in [0.15, 0.2) is 5.82 Å². The van der Waals surface area contributed by atoms with Gasteiger partial charge < -0.3 is 4.74 Å². The third-order valence-corrected chi connectivity index (χ3v) is 4.44. The van der Waals surface area contributed by atoms with Crippen molar-refractivity contribution in [1.29, 1.82) is 0 Å². The van der Waals surface area contributed by atoms with Crippen LogP contribution in [0.2, 0.25) is 0 Å². The Bertz CT molecular complexity index is 979. The molecule has 0 bridgehead atoms. The van der Waals surface area contributed by atoms with Crippen molar-refractivity contribution in [1.82, 2.24) is 25.1 Å². The van der Waals surface area contributed by atoms with E-state index in [9.17, 15) is 9.59 Å². The third kappa shape index (κ3) is 3.17. The Labute approximate surface area is 155 Å². The summed E-state index contributed by atoms with van der Waals surface area (Å²) in [6.45, 7) is 0.636. The Hall–Kier alpha value is -3.55. The van der Waals surface area contributed by atoms with Crippen molar-refractivity contribution in [3.05, 3.63) is 71.0 Å². The number of hydrogen-bond acceptors (Lipinski definition) is 6. The largest absolute Gasteiger partial charge is 0.496 e. The number of methoxy groups -OCH3 is 1. The summed E-state index contributed by atoms with van der Waals surface area (Å²) in [5, 5.41) is 12.4. The van der Waals surface area contributed by atoms with Crippen molar-refractivity contribution in [2.24, 2.45) is 0 Å². The second kappa shape index (κ2) is 6.99. The Morgan fingerprint density at radius 1 is 0.963 bits per heavy atom. The smallest absolute Gasteiger partial charge is 0.261 e. The number of nitrogens with zero attached hydrogens (tertiary/aromatic N) is 5. The molecule has 2 amide bonds. The molecule has 0 fully saturated rings. The summed E-state index contributed by atoms with van der Waals surface area (Å²) in [6.07, 6.45) is 0.345. The average molecular weight is 363 g/mol. The number of tetrazole rings is 1. The van der Waals surface area contributed by atoms with E-state index in [1.165, 1.54) is 9.70 Å². The number of imide groups is 1. The van der Waals surface area contributed by atoms with E-state index in [0.717, 1.165) is 11.3 Å². The molecule has 0 unspecified atom stereocenters. The highest BCUT2D eigenvalue weighted by molar-refractivity contribution is 6.21. The first-order valence-corrected chi connectivity index (χ1v) is 8.51. The van der Waals surface area contributed by atoms with Gasteiger partial charge in [0.1, 0.15) is 5.75 Å². The summed E-state index contributed by atoms with van der Waals surface area (Å²) in [5.74, 6) is 0.665. The molecule has 0 atom stereocenters. The van der Waals surface area contributed by atoms with Gasteiger partial charge in [-0.3, -0.25) is 14.5 Å². The molecule has 2 aromatic carbocycles. The number of amides is 2. The predicted octanol–water partition coefficient (Wildman–Crippen LogP) is 1.57. The van der Waals surface area contributed by atoms with Crippen LogP contribution in [0.3, 0.4) is 0 Å². The topological polar surface area (TPSA) is 90.2 Å². The number of benzene rings is 2. The summed E-state index contributed by atoms with van der Waals surface area (Å²) < 4.78 is 5.32. The molecule has 136 valence electrons. The van der Waals surface area contributed by atoms with Crippen LogP contribution in [-0.2, 0) is 13.0 Å². The first-order chi connectivity index (χ1) is 13.2. The number of hydrogen-bond donors (Lipinski definition) is 0. The maximum Gasteiger partial charge on any atom is 0.261 e. The van der Waals surface area contributed by atoms with Crippen LogP contribution in [0.4, 0.5) is 0 Å². The zero-order valence-electron chi connectivity index (χ0n) is 14.7. The van der Waals surface area contributed by atoms with Crippen molar-refractivity contribution in [3.63, 3.8) is 0 Å². The normalized spacial score (nSPS) is 13.1. The van der Waals surface area contributed by atoms with E-state index in [4.69, 9.17) is 4.74 Å². The lowest BCUT2D eigenvalue weighted by molar-refractivity contribution is 0.0655. The lowest BCUT2D eigenvalue weighted by Crippen LogP contribution is -2.32. The molecule has 27 heavy (non-hydrogen) atoms. The molecule has 0 saturated carbocycles. The van der Waals surface area contributed by atoms with Crippen LogP contribution < -0.4 is 4.74 Å². The SMILES string of the molecule is COc1ccccc1Cn1nnc(CCN2C(=O)c3ccccc3C2=O)n1. The highest BCUT2D eigenvalue weighted by Gasteiger charge is 2.34. The van der Waals surface area contributed by atoms with Crippen LogP contribution in [0.25, 0.3) is 0 Å². The minimum atomic E-state index is -0.281. The van der Waals surface area contributed by atoms with Gasteiger partial charge in [-0.15, -0.1) is 10.2 Å². The number of carbonyl (C=O) groups excluding carboxylic acids is 2. The monoisotopic (exact) mass is 363 g/mol. The lowest BCUT2D eigenvalue weighted by atomic mass is 10.1. The number of fused-ring (bicyclic) bond motifs is 1. The van der Waals surface area contributed by atoms with E-state index in [1.807, 2.05) is 24.3 Å². The minimum absolute atomic E-state index is 0.215. The molecular weight excluding hydrogens is 346 g/mol. The van der Waals surface area contributed by atoms with Gasteiger partial charge >= 0.3 is 0 Å². The number of ether oxygens (including phenoxy) is 1. The third-order valence-electron chi connectivity index (χ3n) is 4.44. The van der Waals surface area contributed by atoms with E-state index in [-0.39, 0.29) is 18.4 Å². The van der Waals surface area contributed by atoms with Crippen molar-refractivity contribution in [2.75, 3.05) is 13.7 Å². The van der Waals surface area contributed by atoms with Crippen LogP contribution in [0.15, 0.2) is 48.5 Å². The van der Waals surface area contributed by atoms with E-state index in [2.05, 4.69) is 15.4 Å². The van der Waals surface area contributed by atoms with E-state index in [0.29, 0.717) is 29.9 Å². The molecule has 1 aromatic heterocycles. The van der Waals surface area contributed by atoms with E-state index >= 15 is 0 Å². The fourth-order valence-corrected chi connectivity index (χ4v) is 3.08. The number of carbonyl (C=O) groups is 2. The van der Waals surface area contributed by atoms with Gasteiger partial charge in [0.05, 0.1) is 24.8 Å². The molecule has 1 aliphatic rings. The molecule has 2 heterocycles. The summed E-state index contributed by atoms with van der Waals surface area (Å²) in [7, 11) is 1.61. The van der Waals surface area contributed by atoms with Crippen LogP contribution in [-0.4, -0.2) is 50.6 Å². The van der Waals surface area contributed by atoms with Crippen LogP contribution in [0.5, 0.6) is 5.75 Å². The molecule has 0 aliphatic carbocycles. The molecule has 0 N–H and O–H groups in total. The summed E-state index contributed by atoms with van der Waals surface area (Å²) in [5.41, 5.74) is 1.81. The Morgan fingerprint density at radius 2 is 1.63 bits per heavy atom. The maximum atomic E-state index is 12.4. The highest BCUT2D eigenvalue weighted by atomic mass is 16.5. The van der Waals surface area contributed by atoms with Gasteiger partial charge in [0, 0.05) is 18.5 Å². The quantitative estimate of drug-likeness (QED) is 0.618. The Morgan fingerprint density at radius 3 is 2.33 bits per heavy atom. The summed E-state index contributed by atoms with van der Waals surface area (Å²) in [6, 6.07) is 14.4. The van der Waals surface area contributed by atoms with Gasteiger partial charge in [-0.05, 0) is 23.4 Å². The van der Waals surface area contributed by atoms with Gasteiger partial charge in [-0.1, -0.05) is 30.3 Å². The van der Waals surface area contributed by atoms with Crippen molar-refractivity contribution in [2.45, 2.75) is 13.0 Å². The van der Waals surface area contributed by atoms with Gasteiger partial charge in [-0.2, -0.15) is 4.80 Å². The van der Waals surface area contributed by atoms with Crippen molar-refractivity contribution >= 4 is 11.8 Å². The van der Waals surface area contributed by atoms with Crippen molar-refractivity contribution in [3.8, 4) is 5.75 Å². The number of aromatic nitrogens is 4. The van der Waals surface area contributed by atoms with Crippen molar-refractivity contribution < 1.29 is 14.3 Å². The molecular formula is C19H17N5O3. The summed E-state index contributed by atoms with van der Waals surface area (Å²) in [4.78, 5) is 27.4. The highest BCUT2D eigenvalue weighted by Crippen LogP contribution is 2.22. The first kappa shape index (κ1) is 16.9. The first-order valence-electron chi connectivity index (χ1n) is 8.51. The van der Waals surface area contributed by atoms with Gasteiger partial charge in [0.25, 0.3) is 11.8 Å². The molecule has 0 radical (unpaired) electrons. The lowest BCUT2D eigenvalue weighted by Gasteiger charge is -2.11. The zero-order valence-corrected chi connectivity index (χ0v) is 14.7. The van der Waals surface area contributed by atoms with Gasteiger partial charge in [-0.25, -0.2) is 0 Å². The second-order valence-electron chi connectivity index (χ2n) is 6.11. The van der Waals surface area contributed by atoms with Crippen LogP contribution in [0.1, 0.15) is 32.1 Å². The van der Waals surface area contributed by atoms with E-state index in [1.54, 1.807) is 31.4 Å². The van der Waals surface area contributed by atoms with Gasteiger partial charge in [0.2, 0.25) is 0 Å². The standard InChI is InChI=1S/C19H17N5O3/c1-27-16-9-5-2-6-13(16)12-24-21-17(20-22-24)10-11-23-18(25)14-7-3-4-8-15(14)19(23)26/h2-9H,10-12H2,1H3. The average Bonchev–Trinajstić information content (AvgIpc) is 3.24. The zero-order chi connectivity index (χ0) is 18.8. The fourth-order valence-electron chi connectivity index (χ4n) is 3.08. The minimum Gasteiger partial charge on any atom is -0.496 e. The molecule has 3 aromatic rings. The molecule has 8 nitrogen and oxygen atoms in total. The molecule has 0 spiro atoms. The van der Waals surface area contributed by atoms with Crippen LogP contribution >= 0.6 is 0 Å². The molecule has 8 heteroatoms. The Kier molecular flexibility index (Phi) is 4.37. The van der Waals surface area contributed by atoms with E-state index < -0.39 is 0 Å².